The molecule has 1 aromatic carbocycles. The quantitative estimate of drug-likeness (QED) is 0.508. The first-order valence-electron chi connectivity index (χ1n) is 5.33. The Labute approximate surface area is 111 Å². The fourth-order valence-electron chi connectivity index (χ4n) is 1.41. The zero-order valence-electron chi connectivity index (χ0n) is 9.92. The average molecular weight is 276 g/mol. The predicted octanol–water partition coefficient (Wildman–Crippen LogP) is 2.54. The Hall–Kier alpha value is -3.23. The Morgan fingerprint density at radius 3 is 2.60 bits per heavy atom. The molecule has 2 aromatic rings. The summed E-state index contributed by atoms with van der Waals surface area (Å²) >= 11 is 0. The van der Waals surface area contributed by atoms with Crippen molar-refractivity contribution < 1.29 is 14.3 Å². The minimum absolute atomic E-state index is 0.0448. The molecular formula is C11H8N4O5. The van der Waals surface area contributed by atoms with Crippen molar-refractivity contribution in [2.24, 2.45) is 5.10 Å². The lowest BCUT2D eigenvalue weighted by molar-refractivity contribution is -0.393. The van der Waals surface area contributed by atoms with Gasteiger partial charge in [-0.15, -0.1) is 0 Å². The second kappa shape index (κ2) is 5.61. The van der Waals surface area contributed by atoms with Gasteiger partial charge in [0.15, 0.2) is 0 Å². The van der Waals surface area contributed by atoms with Gasteiger partial charge in [-0.05, 0) is 18.2 Å². The normalized spacial score (nSPS) is 10.6. The third-order valence-electron chi connectivity index (χ3n) is 2.31. The fourth-order valence-corrected chi connectivity index (χ4v) is 1.41. The van der Waals surface area contributed by atoms with E-state index >= 15 is 0 Å². The first-order chi connectivity index (χ1) is 9.58. The van der Waals surface area contributed by atoms with Crippen LogP contribution in [0.3, 0.4) is 0 Å². The van der Waals surface area contributed by atoms with E-state index in [4.69, 9.17) is 4.42 Å². The van der Waals surface area contributed by atoms with Crippen molar-refractivity contribution in [3.8, 4) is 0 Å². The molecule has 0 fully saturated rings. The Morgan fingerprint density at radius 1 is 1.20 bits per heavy atom. The van der Waals surface area contributed by atoms with Crippen LogP contribution in [0, 0.1) is 20.2 Å². The maximum atomic E-state index is 10.9. The lowest BCUT2D eigenvalue weighted by Crippen LogP contribution is -1.98. The molecule has 1 N–H and O–H groups in total. The highest BCUT2D eigenvalue weighted by atomic mass is 16.6. The molecule has 0 bridgehead atoms. The number of nitro benzene ring substituents is 2. The lowest BCUT2D eigenvalue weighted by atomic mass is 10.2. The standard InChI is InChI=1S/C11H8N4O5/c16-14(17)8-3-4-10(11(6-8)15(18)19)13-12-7-9-2-1-5-20-9/h1-7,13H/b12-7+. The second-order valence-corrected chi connectivity index (χ2v) is 3.60. The number of benzene rings is 1. The van der Waals surface area contributed by atoms with Crippen molar-refractivity contribution in [1.82, 2.24) is 0 Å². The molecule has 0 spiro atoms. The van der Waals surface area contributed by atoms with Gasteiger partial charge in [-0.2, -0.15) is 5.10 Å². The minimum Gasteiger partial charge on any atom is -0.463 e. The molecular weight excluding hydrogens is 268 g/mol. The van der Waals surface area contributed by atoms with Gasteiger partial charge in [0.2, 0.25) is 0 Å². The predicted molar refractivity (Wildman–Crippen MR) is 69.7 cm³/mol. The number of hydrogen-bond donors (Lipinski definition) is 1. The van der Waals surface area contributed by atoms with E-state index in [0.29, 0.717) is 5.76 Å². The summed E-state index contributed by atoms with van der Waals surface area (Å²) in [6.07, 6.45) is 2.78. The second-order valence-electron chi connectivity index (χ2n) is 3.60. The van der Waals surface area contributed by atoms with Crippen molar-refractivity contribution in [3.63, 3.8) is 0 Å². The van der Waals surface area contributed by atoms with Gasteiger partial charge in [0.05, 0.1) is 28.4 Å². The summed E-state index contributed by atoms with van der Waals surface area (Å²) in [6, 6.07) is 6.54. The Bertz CT molecular complexity index is 665. The van der Waals surface area contributed by atoms with Gasteiger partial charge in [-0.1, -0.05) is 0 Å². The maximum absolute atomic E-state index is 10.9. The van der Waals surface area contributed by atoms with Gasteiger partial charge in [-0.3, -0.25) is 25.7 Å². The number of rotatable bonds is 5. The highest BCUT2D eigenvalue weighted by molar-refractivity contribution is 5.77. The number of furan rings is 1. The van der Waals surface area contributed by atoms with E-state index in [1.165, 1.54) is 18.5 Å². The van der Waals surface area contributed by atoms with Gasteiger partial charge in [0, 0.05) is 6.07 Å². The minimum atomic E-state index is -0.724. The molecule has 0 saturated carbocycles. The number of hydrogen-bond acceptors (Lipinski definition) is 7. The molecule has 0 saturated heterocycles. The zero-order chi connectivity index (χ0) is 14.5. The number of nitrogens with one attached hydrogen (secondary N) is 1. The number of non-ortho nitro benzene ring substituents is 1. The van der Waals surface area contributed by atoms with E-state index in [1.54, 1.807) is 12.1 Å². The zero-order valence-corrected chi connectivity index (χ0v) is 9.92. The summed E-state index contributed by atoms with van der Waals surface area (Å²) in [7, 11) is 0. The third kappa shape index (κ3) is 2.96. The number of hydrazone groups is 1. The van der Waals surface area contributed by atoms with Crippen molar-refractivity contribution in [1.29, 1.82) is 0 Å². The Kier molecular flexibility index (Phi) is 3.70. The van der Waals surface area contributed by atoms with Crippen LogP contribution in [0.25, 0.3) is 0 Å². The van der Waals surface area contributed by atoms with E-state index in [0.717, 1.165) is 12.1 Å². The highest BCUT2D eigenvalue weighted by Gasteiger charge is 2.18. The molecule has 0 amide bonds. The maximum Gasteiger partial charge on any atom is 0.301 e. The van der Waals surface area contributed by atoms with Crippen LogP contribution >= 0.6 is 0 Å². The molecule has 0 aliphatic heterocycles. The average Bonchev–Trinajstić information content (AvgIpc) is 2.91. The largest absolute Gasteiger partial charge is 0.463 e. The number of nitro groups is 2. The number of nitrogens with zero attached hydrogens (tertiary/aromatic N) is 3. The molecule has 0 aliphatic carbocycles. The van der Waals surface area contributed by atoms with Crippen molar-refractivity contribution in [2.45, 2.75) is 0 Å². The molecule has 20 heavy (non-hydrogen) atoms. The van der Waals surface area contributed by atoms with Crippen LogP contribution in [0.2, 0.25) is 0 Å². The van der Waals surface area contributed by atoms with Crippen molar-refractivity contribution in [2.75, 3.05) is 5.43 Å². The van der Waals surface area contributed by atoms with Crippen LogP contribution < -0.4 is 5.43 Å². The van der Waals surface area contributed by atoms with Gasteiger partial charge in [-0.25, -0.2) is 0 Å². The van der Waals surface area contributed by atoms with E-state index in [-0.39, 0.29) is 11.4 Å². The summed E-state index contributed by atoms with van der Waals surface area (Å²) in [6.45, 7) is 0. The van der Waals surface area contributed by atoms with E-state index < -0.39 is 15.5 Å². The van der Waals surface area contributed by atoms with Gasteiger partial charge in [0.1, 0.15) is 11.4 Å². The van der Waals surface area contributed by atoms with E-state index in [2.05, 4.69) is 10.5 Å². The Balaban J connectivity index is 2.22. The summed E-state index contributed by atoms with van der Waals surface area (Å²) in [4.78, 5) is 20.0. The molecule has 1 aromatic heterocycles. The molecule has 0 atom stereocenters. The fraction of sp³-hybridized carbons (Fsp3) is 0. The molecule has 0 aliphatic rings. The summed E-state index contributed by atoms with van der Waals surface area (Å²) in [5.41, 5.74) is 1.69. The molecule has 2 rings (SSSR count). The Morgan fingerprint density at radius 2 is 2.00 bits per heavy atom. The molecule has 102 valence electrons. The van der Waals surface area contributed by atoms with Crippen molar-refractivity contribution in [3.05, 3.63) is 62.6 Å². The summed E-state index contributed by atoms with van der Waals surface area (Å²) < 4.78 is 4.99. The summed E-state index contributed by atoms with van der Waals surface area (Å²) in [5.74, 6) is 0.460. The molecule has 1 heterocycles. The number of anilines is 1. The van der Waals surface area contributed by atoms with Crippen molar-refractivity contribution >= 4 is 23.3 Å². The van der Waals surface area contributed by atoms with Gasteiger partial charge in [0.25, 0.3) is 5.69 Å². The monoisotopic (exact) mass is 276 g/mol. The van der Waals surface area contributed by atoms with Crippen LogP contribution in [0.4, 0.5) is 17.1 Å². The molecule has 9 heteroatoms. The topological polar surface area (TPSA) is 124 Å². The third-order valence-corrected chi connectivity index (χ3v) is 2.31. The van der Waals surface area contributed by atoms with Crippen LogP contribution in [0.1, 0.15) is 5.76 Å². The van der Waals surface area contributed by atoms with Crippen LogP contribution in [0.5, 0.6) is 0 Å². The van der Waals surface area contributed by atoms with E-state index in [9.17, 15) is 20.2 Å². The van der Waals surface area contributed by atoms with Crippen LogP contribution in [-0.2, 0) is 0 Å². The van der Waals surface area contributed by atoms with E-state index in [1.807, 2.05) is 0 Å². The highest BCUT2D eigenvalue weighted by Crippen LogP contribution is 2.28. The molecule has 0 unspecified atom stereocenters. The van der Waals surface area contributed by atoms with Gasteiger partial charge < -0.3 is 4.42 Å². The first-order valence-corrected chi connectivity index (χ1v) is 5.33. The van der Waals surface area contributed by atoms with Gasteiger partial charge >= 0.3 is 5.69 Å². The smallest absolute Gasteiger partial charge is 0.301 e. The van der Waals surface area contributed by atoms with Crippen LogP contribution in [0.15, 0.2) is 46.1 Å². The molecule has 9 nitrogen and oxygen atoms in total. The molecule has 0 radical (unpaired) electrons. The first kappa shape index (κ1) is 13.2. The summed E-state index contributed by atoms with van der Waals surface area (Å²) in [5, 5.41) is 25.2. The SMILES string of the molecule is O=[N+]([O-])c1ccc(N/N=C/c2ccco2)c([N+](=O)[O-])c1. The lowest BCUT2D eigenvalue weighted by Gasteiger charge is -2.01. The van der Waals surface area contributed by atoms with Crippen LogP contribution in [-0.4, -0.2) is 16.1 Å².